The number of hydrogen-bond donors (Lipinski definition) is 3. The molecular formula is C25H19ClF2N8O2. The van der Waals surface area contributed by atoms with E-state index in [1.54, 1.807) is 42.5 Å². The van der Waals surface area contributed by atoms with Crippen molar-refractivity contribution in [1.82, 2.24) is 24.7 Å². The van der Waals surface area contributed by atoms with Crippen molar-refractivity contribution in [2.75, 3.05) is 16.4 Å². The van der Waals surface area contributed by atoms with E-state index < -0.39 is 17.7 Å². The van der Waals surface area contributed by atoms with Crippen LogP contribution in [0.2, 0.25) is 5.02 Å². The Morgan fingerprint density at radius 1 is 1.05 bits per heavy atom. The highest BCUT2D eigenvalue weighted by Crippen LogP contribution is 2.31. The zero-order valence-corrected chi connectivity index (χ0v) is 20.3. The van der Waals surface area contributed by atoms with Crippen LogP contribution in [0.3, 0.4) is 0 Å². The average Bonchev–Trinajstić information content (AvgIpc) is 3.21. The van der Waals surface area contributed by atoms with Crippen molar-refractivity contribution in [3.8, 4) is 5.95 Å². The molecule has 2 aromatic carbocycles. The average molecular weight is 537 g/mol. The van der Waals surface area contributed by atoms with Crippen LogP contribution in [0, 0.1) is 11.6 Å². The molecule has 0 unspecified atom stereocenters. The van der Waals surface area contributed by atoms with Gasteiger partial charge in [0.15, 0.2) is 11.6 Å². The summed E-state index contributed by atoms with van der Waals surface area (Å²) in [7, 11) is 0. The molecule has 5 N–H and O–H groups in total. The van der Waals surface area contributed by atoms with Crippen molar-refractivity contribution >= 4 is 46.1 Å². The third-order valence-electron chi connectivity index (χ3n) is 5.72. The SMILES string of the molecule is Nc1nc(-n2nc(Cc3ccccc3F)c3ncc(F)cc32)nc(N)c1N(Cc1cccc(Cl)c1)C(=O)O. The van der Waals surface area contributed by atoms with E-state index in [2.05, 4.69) is 20.1 Å². The molecule has 5 aromatic rings. The molecule has 13 heteroatoms. The zero-order chi connectivity index (χ0) is 27.0. The fourth-order valence-electron chi connectivity index (χ4n) is 4.04. The number of nitrogen functional groups attached to an aromatic ring is 2. The number of pyridine rings is 1. The number of rotatable bonds is 6. The minimum absolute atomic E-state index is 0.0598. The first kappa shape index (κ1) is 24.8. The fraction of sp³-hybridized carbons (Fsp3) is 0.0800. The summed E-state index contributed by atoms with van der Waals surface area (Å²) in [5.41, 5.74) is 14.0. The number of aromatic nitrogens is 5. The van der Waals surface area contributed by atoms with Crippen LogP contribution in [0.1, 0.15) is 16.8 Å². The van der Waals surface area contributed by atoms with E-state index in [0.717, 1.165) is 11.1 Å². The van der Waals surface area contributed by atoms with Gasteiger partial charge in [0, 0.05) is 17.5 Å². The molecule has 0 saturated carbocycles. The Balaban J connectivity index is 1.59. The maximum atomic E-state index is 14.3. The Labute approximate surface area is 219 Å². The molecule has 192 valence electrons. The lowest BCUT2D eigenvalue weighted by atomic mass is 10.1. The summed E-state index contributed by atoms with van der Waals surface area (Å²) in [4.78, 5) is 25.5. The lowest BCUT2D eigenvalue weighted by molar-refractivity contribution is 0.201. The molecule has 38 heavy (non-hydrogen) atoms. The minimum Gasteiger partial charge on any atom is -0.465 e. The van der Waals surface area contributed by atoms with E-state index >= 15 is 0 Å². The van der Waals surface area contributed by atoms with Crippen LogP contribution < -0.4 is 16.4 Å². The first-order valence-corrected chi connectivity index (χ1v) is 11.5. The predicted octanol–water partition coefficient (Wildman–Crippen LogP) is 4.58. The standard InChI is InChI=1S/C25H19ClF2N8O2/c26-15-6-3-4-13(8-15)12-35(25(37)38)21-22(29)32-24(33-23(21)30)36-19-10-16(27)11-31-20(19)18(34-36)9-14-5-1-2-7-17(14)28/h1-8,10-11H,9,12H2,(H,37,38)(H4,29,30,32,33). The van der Waals surface area contributed by atoms with Crippen LogP contribution in [0.25, 0.3) is 17.0 Å². The molecule has 3 heterocycles. The minimum atomic E-state index is -1.34. The fourth-order valence-corrected chi connectivity index (χ4v) is 4.25. The second-order valence-electron chi connectivity index (χ2n) is 8.29. The molecule has 0 fully saturated rings. The normalized spacial score (nSPS) is 11.1. The molecule has 0 aliphatic heterocycles. The summed E-state index contributed by atoms with van der Waals surface area (Å²) < 4.78 is 29.6. The van der Waals surface area contributed by atoms with E-state index in [9.17, 15) is 18.7 Å². The third-order valence-corrected chi connectivity index (χ3v) is 5.95. The highest BCUT2D eigenvalue weighted by atomic mass is 35.5. The van der Waals surface area contributed by atoms with Gasteiger partial charge < -0.3 is 16.6 Å². The maximum absolute atomic E-state index is 14.3. The Bertz CT molecular complexity index is 1670. The van der Waals surface area contributed by atoms with E-state index in [-0.39, 0.29) is 41.8 Å². The molecule has 0 saturated heterocycles. The molecule has 0 bridgehead atoms. The van der Waals surface area contributed by atoms with Crippen molar-refractivity contribution < 1.29 is 18.7 Å². The van der Waals surface area contributed by atoms with Gasteiger partial charge in [-0.2, -0.15) is 19.7 Å². The molecule has 3 aromatic heterocycles. The lowest BCUT2D eigenvalue weighted by Gasteiger charge is -2.22. The molecule has 0 spiro atoms. The van der Waals surface area contributed by atoms with E-state index in [1.807, 2.05) is 0 Å². The van der Waals surface area contributed by atoms with Gasteiger partial charge in [-0.25, -0.2) is 18.6 Å². The van der Waals surface area contributed by atoms with Crippen LogP contribution in [0.4, 0.5) is 30.9 Å². The summed E-state index contributed by atoms with van der Waals surface area (Å²) in [5, 5.41) is 14.7. The van der Waals surface area contributed by atoms with Crippen molar-refractivity contribution in [3.63, 3.8) is 0 Å². The van der Waals surface area contributed by atoms with Gasteiger partial charge in [-0.15, -0.1) is 0 Å². The summed E-state index contributed by atoms with van der Waals surface area (Å²) in [6, 6.07) is 14.0. The number of anilines is 3. The van der Waals surface area contributed by atoms with Gasteiger partial charge in [0.1, 0.15) is 22.8 Å². The van der Waals surface area contributed by atoms with Gasteiger partial charge >= 0.3 is 6.09 Å². The van der Waals surface area contributed by atoms with Crippen molar-refractivity contribution in [1.29, 1.82) is 0 Å². The second-order valence-corrected chi connectivity index (χ2v) is 8.73. The van der Waals surface area contributed by atoms with Crippen molar-refractivity contribution in [3.05, 3.63) is 94.3 Å². The Kier molecular flexibility index (Phi) is 6.47. The van der Waals surface area contributed by atoms with E-state index in [4.69, 9.17) is 23.1 Å². The number of nitrogens with two attached hydrogens (primary N) is 2. The number of carboxylic acid groups (broad SMARTS) is 1. The number of nitrogens with zero attached hydrogens (tertiary/aromatic N) is 6. The number of amides is 1. The number of fused-ring (bicyclic) bond motifs is 1. The number of hydrogen-bond acceptors (Lipinski definition) is 7. The van der Waals surface area contributed by atoms with Gasteiger partial charge in [-0.05, 0) is 29.3 Å². The number of carbonyl (C=O) groups is 1. The first-order chi connectivity index (χ1) is 18.2. The molecular weight excluding hydrogens is 518 g/mol. The van der Waals surface area contributed by atoms with Crippen molar-refractivity contribution in [2.24, 2.45) is 0 Å². The molecule has 0 atom stereocenters. The van der Waals surface area contributed by atoms with Crippen LogP contribution in [-0.4, -0.2) is 35.9 Å². The van der Waals surface area contributed by atoms with Crippen LogP contribution in [0.15, 0.2) is 60.8 Å². The predicted molar refractivity (Wildman–Crippen MR) is 138 cm³/mol. The van der Waals surface area contributed by atoms with Crippen LogP contribution in [0.5, 0.6) is 0 Å². The van der Waals surface area contributed by atoms with Gasteiger partial charge in [-0.3, -0.25) is 4.90 Å². The van der Waals surface area contributed by atoms with Gasteiger partial charge in [0.05, 0.1) is 24.0 Å². The van der Waals surface area contributed by atoms with Crippen LogP contribution in [-0.2, 0) is 13.0 Å². The summed E-state index contributed by atoms with van der Waals surface area (Å²) in [5.74, 6) is -1.72. The summed E-state index contributed by atoms with van der Waals surface area (Å²) >= 11 is 6.02. The molecule has 0 radical (unpaired) electrons. The molecule has 1 amide bonds. The largest absolute Gasteiger partial charge is 0.465 e. The topological polar surface area (TPSA) is 149 Å². The highest BCUT2D eigenvalue weighted by Gasteiger charge is 2.25. The van der Waals surface area contributed by atoms with Crippen LogP contribution >= 0.6 is 11.6 Å². The Morgan fingerprint density at radius 3 is 2.47 bits per heavy atom. The molecule has 5 rings (SSSR count). The Hall–Kier alpha value is -4.84. The summed E-state index contributed by atoms with van der Waals surface area (Å²) in [6.07, 6.45) is -0.265. The van der Waals surface area contributed by atoms with Crippen molar-refractivity contribution in [2.45, 2.75) is 13.0 Å². The molecule has 10 nitrogen and oxygen atoms in total. The maximum Gasteiger partial charge on any atom is 0.412 e. The Morgan fingerprint density at radius 2 is 1.79 bits per heavy atom. The third kappa shape index (κ3) is 4.76. The summed E-state index contributed by atoms with van der Waals surface area (Å²) in [6.45, 7) is -0.125. The highest BCUT2D eigenvalue weighted by molar-refractivity contribution is 6.30. The number of halogens is 3. The van der Waals surface area contributed by atoms with Gasteiger partial charge in [0.2, 0.25) is 0 Å². The zero-order valence-electron chi connectivity index (χ0n) is 19.5. The lowest BCUT2D eigenvalue weighted by Crippen LogP contribution is -2.31. The molecule has 0 aliphatic rings. The smallest absolute Gasteiger partial charge is 0.412 e. The van der Waals surface area contributed by atoms with Gasteiger partial charge in [-0.1, -0.05) is 41.9 Å². The van der Waals surface area contributed by atoms with Gasteiger partial charge in [0.25, 0.3) is 5.95 Å². The second kappa shape index (κ2) is 9.90. The molecule has 0 aliphatic carbocycles. The first-order valence-electron chi connectivity index (χ1n) is 11.2. The van der Waals surface area contributed by atoms with E-state index in [1.165, 1.54) is 16.8 Å². The quantitative estimate of drug-likeness (QED) is 0.285. The van der Waals surface area contributed by atoms with E-state index in [0.29, 0.717) is 27.4 Å². The number of benzene rings is 2. The monoisotopic (exact) mass is 536 g/mol.